The van der Waals surface area contributed by atoms with E-state index in [-0.39, 0.29) is 24.3 Å². The van der Waals surface area contributed by atoms with Crippen LogP contribution in [0.2, 0.25) is 0 Å². The Labute approximate surface area is 136 Å². The summed E-state index contributed by atoms with van der Waals surface area (Å²) in [5.41, 5.74) is 1.37. The van der Waals surface area contributed by atoms with Crippen molar-refractivity contribution in [2.75, 3.05) is 25.0 Å². The highest BCUT2D eigenvalue weighted by Crippen LogP contribution is 2.24. The lowest BCUT2D eigenvalue weighted by molar-refractivity contribution is -0.125. The number of nitriles is 1. The summed E-state index contributed by atoms with van der Waals surface area (Å²) in [6.07, 6.45) is 4.23. The van der Waals surface area contributed by atoms with Crippen molar-refractivity contribution in [1.82, 2.24) is 10.6 Å². The summed E-state index contributed by atoms with van der Waals surface area (Å²) in [6, 6.07) is 8.94. The van der Waals surface area contributed by atoms with Gasteiger partial charge in [0.1, 0.15) is 0 Å². The van der Waals surface area contributed by atoms with Crippen LogP contribution in [0.4, 0.5) is 5.69 Å². The van der Waals surface area contributed by atoms with Gasteiger partial charge in [0.05, 0.1) is 18.2 Å². The van der Waals surface area contributed by atoms with E-state index in [1.54, 1.807) is 24.3 Å². The number of amides is 2. The molecule has 1 aliphatic rings. The molecule has 6 nitrogen and oxygen atoms in total. The first-order valence-electron chi connectivity index (χ1n) is 7.97. The summed E-state index contributed by atoms with van der Waals surface area (Å²) in [5.74, 6) is 0.126. The molecule has 1 aromatic carbocycles. The van der Waals surface area contributed by atoms with Crippen molar-refractivity contribution >= 4 is 17.5 Å². The van der Waals surface area contributed by atoms with E-state index in [2.05, 4.69) is 16.0 Å². The van der Waals surface area contributed by atoms with Gasteiger partial charge in [0.15, 0.2) is 0 Å². The first kappa shape index (κ1) is 16.8. The van der Waals surface area contributed by atoms with E-state index in [1.165, 1.54) is 0 Å². The van der Waals surface area contributed by atoms with Crippen molar-refractivity contribution in [3.63, 3.8) is 0 Å². The maximum atomic E-state index is 11.8. The minimum atomic E-state index is -0.135. The average molecular weight is 314 g/mol. The molecule has 0 aliphatic heterocycles. The SMILES string of the molecule is N#Cc1ccc(NCC(=O)NCCNC(=O)C2CCCC2)cc1. The van der Waals surface area contributed by atoms with Crippen molar-refractivity contribution in [2.24, 2.45) is 5.92 Å². The number of rotatable bonds is 7. The molecule has 0 saturated heterocycles. The van der Waals surface area contributed by atoms with E-state index in [9.17, 15) is 9.59 Å². The highest BCUT2D eigenvalue weighted by Gasteiger charge is 2.21. The third-order valence-corrected chi connectivity index (χ3v) is 3.94. The lowest BCUT2D eigenvalue weighted by atomic mass is 10.1. The monoisotopic (exact) mass is 314 g/mol. The van der Waals surface area contributed by atoms with Crippen LogP contribution in [-0.4, -0.2) is 31.4 Å². The number of carbonyl (C=O) groups is 2. The molecule has 0 bridgehead atoms. The molecule has 6 heteroatoms. The molecule has 2 amide bonds. The van der Waals surface area contributed by atoms with Crippen molar-refractivity contribution < 1.29 is 9.59 Å². The number of benzene rings is 1. The minimum absolute atomic E-state index is 0.104. The van der Waals surface area contributed by atoms with Crippen molar-refractivity contribution in [2.45, 2.75) is 25.7 Å². The van der Waals surface area contributed by atoms with Crippen LogP contribution in [0, 0.1) is 17.2 Å². The number of nitrogens with zero attached hydrogens (tertiary/aromatic N) is 1. The van der Waals surface area contributed by atoms with Gasteiger partial charge in [-0.2, -0.15) is 5.26 Å². The van der Waals surface area contributed by atoms with Gasteiger partial charge in [0.2, 0.25) is 11.8 Å². The zero-order chi connectivity index (χ0) is 16.5. The highest BCUT2D eigenvalue weighted by atomic mass is 16.2. The van der Waals surface area contributed by atoms with Gasteiger partial charge in [0.25, 0.3) is 0 Å². The van der Waals surface area contributed by atoms with Crippen molar-refractivity contribution in [1.29, 1.82) is 5.26 Å². The molecule has 0 spiro atoms. The standard InChI is InChI=1S/C17H22N4O2/c18-11-13-5-7-15(8-6-13)21-12-16(22)19-9-10-20-17(23)14-3-1-2-4-14/h5-8,14,21H,1-4,9-10,12H2,(H,19,22)(H,20,23). The molecule has 23 heavy (non-hydrogen) atoms. The number of hydrogen-bond acceptors (Lipinski definition) is 4. The summed E-state index contributed by atoms with van der Waals surface area (Å²) in [5, 5.41) is 17.3. The molecular weight excluding hydrogens is 292 g/mol. The smallest absolute Gasteiger partial charge is 0.239 e. The molecule has 122 valence electrons. The Bertz CT molecular complexity index is 571. The van der Waals surface area contributed by atoms with Crippen molar-refractivity contribution in [3.8, 4) is 6.07 Å². The van der Waals surface area contributed by atoms with E-state index in [0.29, 0.717) is 18.7 Å². The van der Waals surface area contributed by atoms with Gasteiger partial charge in [-0.25, -0.2) is 0 Å². The Morgan fingerprint density at radius 3 is 2.39 bits per heavy atom. The maximum Gasteiger partial charge on any atom is 0.239 e. The van der Waals surface area contributed by atoms with Gasteiger partial charge < -0.3 is 16.0 Å². The third-order valence-electron chi connectivity index (χ3n) is 3.94. The van der Waals surface area contributed by atoms with Gasteiger partial charge in [-0.3, -0.25) is 9.59 Å². The van der Waals surface area contributed by atoms with Crippen LogP contribution in [0.3, 0.4) is 0 Å². The first-order valence-corrected chi connectivity index (χ1v) is 7.97. The normalized spacial score (nSPS) is 14.0. The van der Waals surface area contributed by atoms with E-state index >= 15 is 0 Å². The van der Waals surface area contributed by atoms with E-state index in [4.69, 9.17) is 5.26 Å². The number of nitrogens with one attached hydrogen (secondary N) is 3. The van der Waals surface area contributed by atoms with Gasteiger partial charge in [-0.05, 0) is 37.1 Å². The Kier molecular flexibility index (Phi) is 6.42. The van der Waals surface area contributed by atoms with E-state index < -0.39 is 0 Å². The van der Waals surface area contributed by atoms with Gasteiger partial charge in [-0.15, -0.1) is 0 Å². The second kappa shape index (κ2) is 8.79. The summed E-state index contributed by atoms with van der Waals surface area (Å²) in [4.78, 5) is 23.5. The molecule has 0 radical (unpaired) electrons. The molecule has 0 aromatic heterocycles. The summed E-state index contributed by atoms with van der Waals surface area (Å²) >= 11 is 0. The number of carbonyl (C=O) groups excluding carboxylic acids is 2. The zero-order valence-corrected chi connectivity index (χ0v) is 13.1. The number of hydrogen-bond donors (Lipinski definition) is 3. The van der Waals surface area contributed by atoms with Crippen molar-refractivity contribution in [3.05, 3.63) is 29.8 Å². The molecule has 0 heterocycles. The maximum absolute atomic E-state index is 11.8. The first-order chi connectivity index (χ1) is 11.2. The van der Waals surface area contributed by atoms with Gasteiger partial charge >= 0.3 is 0 Å². The number of anilines is 1. The molecule has 2 rings (SSSR count). The Hall–Kier alpha value is -2.55. The lowest BCUT2D eigenvalue weighted by Gasteiger charge is -2.11. The van der Waals surface area contributed by atoms with Crippen LogP contribution in [0.5, 0.6) is 0 Å². The van der Waals surface area contributed by atoms with E-state index in [0.717, 1.165) is 31.4 Å². The highest BCUT2D eigenvalue weighted by molar-refractivity contribution is 5.81. The quantitative estimate of drug-likeness (QED) is 0.663. The summed E-state index contributed by atoms with van der Waals surface area (Å²) in [7, 11) is 0. The molecular formula is C17H22N4O2. The Morgan fingerprint density at radius 2 is 1.74 bits per heavy atom. The van der Waals surface area contributed by atoms with Gasteiger partial charge in [0, 0.05) is 24.7 Å². The molecule has 0 unspecified atom stereocenters. The van der Waals surface area contributed by atoms with Crippen LogP contribution in [0.15, 0.2) is 24.3 Å². The second-order valence-corrected chi connectivity index (χ2v) is 5.67. The molecule has 1 fully saturated rings. The predicted molar refractivity (Wildman–Crippen MR) is 87.6 cm³/mol. The van der Waals surface area contributed by atoms with E-state index in [1.807, 2.05) is 6.07 Å². The van der Waals surface area contributed by atoms with Crippen LogP contribution in [0.25, 0.3) is 0 Å². The minimum Gasteiger partial charge on any atom is -0.376 e. The average Bonchev–Trinajstić information content (AvgIpc) is 3.12. The van der Waals surface area contributed by atoms with Gasteiger partial charge in [-0.1, -0.05) is 12.8 Å². The molecule has 3 N–H and O–H groups in total. The lowest BCUT2D eigenvalue weighted by Crippen LogP contribution is -2.38. The summed E-state index contributed by atoms with van der Waals surface area (Å²) in [6.45, 7) is 1.03. The fourth-order valence-corrected chi connectivity index (χ4v) is 2.63. The molecule has 0 atom stereocenters. The molecule has 1 saturated carbocycles. The summed E-state index contributed by atoms with van der Waals surface area (Å²) < 4.78 is 0. The Balaban J connectivity index is 1.57. The third kappa shape index (κ3) is 5.62. The van der Waals surface area contributed by atoms with Crippen LogP contribution in [-0.2, 0) is 9.59 Å². The second-order valence-electron chi connectivity index (χ2n) is 5.67. The van der Waals surface area contributed by atoms with Crippen LogP contribution in [0.1, 0.15) is 31.2 Å². The molecule has 1 aliphatic carbocycles. The van der Waals surface area contributed by atoms with Crippen LogP contribution >= 0.6 is 0 Å². The fraction of sp³-hybridized carbons (Fsp3) is 0.471. The largest absolute Gasteiger partial charge is 0.376 e. The fourth-order valence-electron chi connectivity index (χ4n) is 2.63. The predicted octanol–water partition coefficient (Wildman–Crippen LogP) is 1.39. The zero-order valence-electron chi connectivity index (χ0n) is 13.1. The topological polar surface area (TPSA) is 94.0 Å². The van der Waals surface area contributed by atoms with Crippen LogP contribution < -0.4 is 16.0 Å². The molecule has 1 aromatic rings. The Morgan fingerprint density at radius 1 is 1.09 bits per heavy atom.